The van der Waals surface area contributed by atoms with Gasteiger partial charge in [0, 0.05) is 31.4 Å². The molecule has 2 aromatic carbocycles. The molecule has 6 atom stereocenters. The molecule has 0 radical (unpaired) electrons. The Labute approximate surface area is 226 Å². The number of hydrogen-bond donors (Lipinski definition) is 0. The summed E-state index contributed by atoms with van der Waals surface area (Å²) in [5.74, 6) is -5.49. The number of benzene rings is 2. The Balaban J connectivity index is 1.48. The van der Waals surface area contributed by atoms with E-state index in [0.717, 1.165) is 15.4 Å². The van der Waals surface area contributed by atoms with Gasteiger partial charge < -0.3 is 0 Å². The number of carbonyl (C=O) groups is 4. The van der Waals surface area contributed by atoms with Crippen LogP contribution in [0.25, 0.3) is 0 Å². The van der Waals surface area contributed by atoms with Gasteiger partial charge in [0.15, 0.2) is 0 Å². The number of nitrogens with zero attached hydrogens (tertiary/aromatic N) is 2. The van der Waals surface area contributed by atoms with Crippen LogP contribution in [0.1, 0.15) is 13.8 Å². The van der Waals surface area contributed by atoms with Crippen LogP contribution in [-0.2, 0) is 19.2 Å². The van der Waals surface area contributed by atoms with Crippen molar-refractivity contribution in [2.24, 2.45) is 35.0 Å². The maximum absolute atomic E-state index is 13.8. The van der Waals surface area contributed by atoms with E-state index in [2.05, 4.69) is 0 Å². The van der Waals surface area contributed by atoms with Gasteiger partial charge in [-0.15, -0.1) is 0 Å². The van der Waals surface area contributed by atoms with Gasteiger partial charge in [0.05, 0.1) is 35.0 Å². The molecule has 0 N–H and O–H groups in total. The molecule has 2 heterocycles. The molecule has 4 amide bonds. The molecule has 3 aliphatic carbocycles. The predicted octanol–water partition coefficient (Wildman–Crippen LogP) is 5.81. The third kappa shape index (κ3) is 3.05. The number of anilines is 2. The monoisotopic (exact) mass is 562 g/mol. The lowest BCUT2D eigenvalue weighted by Gasteiger charge is -2.53. The largest absolute Gasteiger partial charge is 0.274 e. The molecule has 0 spiro atoms. The topological polar surface area (TPSA) is 74.8 Å². The molecular formula is C26H18Cl4N2O4. The molecule has 2 bridgehead atoms. The summed E-state index contributed by atoms with van der Waals surface area (Å²) in [5, 5.41) is 1.15. The molecule has 5 aliphatic rings. The van der Waals surface area contributed by atoms with Crippen LogP contribution >= 0.6 is 46.4 Å². The second-order valence-electron chi connectivity index (χ2n) is 10.1. The van der Waals surface area contributed by atoms with Crippen molar-refractivity contribution in [2.45, 2.75) is 13.8 Å². The summed E-state index contributed by atoms with van der Waals surface area (Å²) in [4.78, 5) is 57.5. The second-order valence-corrected chi connectivity index (χ2v) is 11.8. The van der Waals surface area contributed by atoms with Crippen molar-refractivity contribution in [3.05, 3.63) is 68.1 Å². The standard InChI is InChI=1S/C26H18Cl4N2O4/c1-10-9-26(2)20-18(22(33)31(24(20)35)15-5-11(27)3-12(28)6-15)17(10)19-21(26)25(36)32(23(19)34)16-7-13(29)4-14(30)8-16/h3-9,17-21H,1-2H3/t17?,18-,19+,20-,21+,26?. The Bertz CT molecular complexity index is 1320. The molecular weight excluding hydrogens is 546 g/mol. The van der Waals surface area contributed by atoms with Crippen LogP contribution in [0.3, 0.4) is 0 Å². The summed E-state index contributed by atoms with van der Waals surface area (Å²) in [5.41, 5.74) is 0.312. The van der Waals surface area contributed by atoms with E-state index in [1.807, 2.05) is 13.0 Å². The molecule has 7 rings (SSSR count). The zero-order valence-corrected chi connectivity index (χ0v) is 22.0. The van der Waals surface area contributed by atoms with E-state index < -0.39 is 58.6 Å². The summed E-state index contributed by atoms with van der Waals surface area (Å²) in [6.45, 7) is 3.64. The maximum atomic E-state index is 13.8. The normalized spacial score (nSPS) is 32.8. The van der Waals surface area contributed by atoms with Crippen LogP contribution in [-0.4, -0.2) is 23.6 Å². The first kappa shape index (κ1) is 24.0. The minimum atomic E-state index is -1.05. The number of amides is 4. The zero-order chi connectivity index (χ0) is 25.8. The Hall–Kier alpha value is -2.38. The fraction of sp³-hybridized carbons (Fsp3) is 0.308. The van der Waals surface area contributed by atoms with E-state index >= 15 is 0 Å². The highest BCUT2D eigenvalue weighted by Crippen LogP contribution is 2.66. The summed E-state index contributed by atoms with van der Waals surface area (Å²) in [6.07, 6.45) is 1.90. The molecule has 2 aliphatic heterocycles. The minimum Gasteiger partial charge on any atom is -0.274 e. The maximum Gasteiger partial charge on any atom is 0.238 e. The first-order chi connectivity index (χ1) is 16.9. The van der Waals surface area contributed by atoms with Crippen molar-refractivity contribution in [3.63, 3.8) is 0 Å². The highest BCUT2D eigenvalue weighted by Gasteiger charge is 2.74. The number of rotatable bonds is 2. The first-order valence-corrected chi connectivity index (χ1v) is 12.8. The first-order valence-electron chi connectivity index (χ1n) is 11.3. The molecule has 184 valence electrons. The number of carbonyl (C=O) groups excluding carboxylic acids is 4. The molecule has 2 saturated heterocycles. The van der Waals surface area contributed by atoms with Crippen molar-refractivity contribution in [1.29, 1.82) is 0 Å². The van der Waals surface area contributed by atoms with E-state index in [0.29, 0.717) is 0 Å². The number of imide groups is 2. The third-order valence-electron chi connectivity index (χ3n) is 8.09. The molecule has 36 heavy (non-hydrogen) atoms. The van der Waals surface area contributed by atoms with Crippen molar-refractivity contribution < 1.29 is 19.2 Å². The molecule has 0 aromatic heterocycles. The van der Waals surface area contributed by atoms with Crippen molar-refractivity contribution in [3.8, 4) is 0 Å². The highest BCUT2D eigenvalue weighted by atomic mass is 35.5. The zero-order valence-electron chi connectivity index (χ0n) is 19.0. The molecule has 3 fully saturated rings. The number of allylic oxidation sites excluding steroid dienone is 2. The smallest absolute Gasteiger partial charge is 0.238 e. The molecule has 6 nitrogen and oxygen atoms in total. The second kappa shape index (κ2) is 7.81. The summed E-state index contributed by atoms with van der Waals surface area (Å²) in [6, 6.07) is 9.05. The van der Waals surface area contributed by atoms with E-state index in [9.17, 15) is 19.2 Å². The van der Waals surface area contributed by atoms with Crippen LogP contribution in [0, 0.1) is 35.0 Å². The fourth-order valence-electron chi connectivity index (χ4n) is 7.01. The van der Waals surface area contributed by atoms with E-state index in [1.54, 1.807) is 6.92 Å². The van der Waals surface area contributed by atoms with Crippen molar-refractivity contribution >= 4 is 81.4 Å². The summed E-state index contributed by atoms with van der Waals surface area (Å²) in [7, 11) is 0. The van der Waals surface area contributed by atoms with Crippen LogP contribution in [0.4, 0.5) is 11.4 Å². The van der Waals surface area contributed by atoms with Gasteiger partial charge in [0.25, 0.3) is 0 Å². The van der Waals surface area contributed by atoms with E-state index in [4.69, 9.17) is 46.4 Å². The van der Waals surface area contributed by atoms with Crippen LogP contribution in [0.15, 0.2) is 48.0 Å². The van der Waals surface area contributed by atoms with Crippen LogP contribution < -0.4 is 9.80 Å². The van der Waals surface area contributed by atoms with Gasteiger partial charge in [-0.1, -0.05) is 65.0 Å². The van der Waals surface area contributed by atoms with Crippen LogP contribution in [0.2, 0.25) is 20.1 Å². The average molecular weight is 564 g/mol. The molecule has 1 saturated carbocycles. The van der Waals surface area contributed by atoms with Crippen LogP contribution in [0.5, 0.6) is 0 Å². The lowest BCUT2D eigenvalue weighted by molar-refractivity contribution is -0.146. The van der Waals surface area contributed by atoms with Crippen molar-refractivity contribution in [2.75, 3.05) is 9.80 Å². The minimum absolute atomic E-state index is 0.274. The average Bonchev–Trinajstić information content (AvgIpc) is 3.18. The van der Waals surface area contributed by atoms with Gasteiger partial charge in [0.1, 0.15) is 0 Å². The lowest BCUT2D eigenvalue weighted by atomic mass is 9.46. The Morgan fingerprint density at radius 1 is 0.611 bits per heavy atom. The van der Waals surface area contributed by atoms with Gasteiger partial charge in [-0.2, -0.15) is 0 Å². The van der Waals surface area contributed by atoms with E-state index in [1.165, 1.54) is 36.4 Å². The Kier molecular flexibility index (Phi) is 5.20. The predicted molar refractivity (Wildman–Crippen MR) is 137 cm³/mol. The van der Waals surface area contributed by atoms with Gasteiger partial charge >= 0.3 is 0 Å². The van der Waals surface area contributed by atoms with E-state index in [-0.39, 0.29) is 31.5 Å². The SMILES string of the molecule is CC1=CC2(C)[C@@H]3C(=O)N(c4cc(Cl)cc(Cl)c4)C(=O)[C@H]3C1[C@H]1C(=O)N(c3cc(Cl)cc(Cl)c3)C(=O)[C@@H]12. The number of halogens is 4. The van der Waals surface area contributed by atoms with Gasteiger partial charge in [-0.3, -0.25) is 19.2 Å². The van der Waals surface area contributed by atoms with Crippen molar-refractivity contribution in [1.82, 2.24) is 0 Å². The molecule has 10 heteroatoms. The fourth-order valence-corrected chi connectivity index (χ4v) is 8.04. The Morgan fingerprint density at radius 3 is 1.33 bits per heavy atom. The Morgan fingerprint density at radius 2 is 0.972 bits per heavy atom. The third-order valence-corrected chi connectivity index (χ3v) is 8.96. The van der Waals surface area contributed by atoms with Gasteiger partial charge in [0.2, 0.25) is 23.6 Å². The lowest BCUT2D eigenvalue weighted by Crippen LogP contribution is -2.57. The number of hydrogen-bond acceptors (Lipinski definition) is 4. The summed E-state index contributed by atoms with van der Waals surface area (Å²) < 4.78 is 0. The quantitative estimate of drug-likeness (QED) is 0.341. The summed E-state index contributed by atoms with van der Waals surface area (Å²) >= 11 is 24.6. The molecule has 2 aromatic rings. The highest BCUT2D eigenvalue weighted by molar-refractivity contribution is 6.37. The van der Waals surface area contributed by atoms with Gasteiger partial charge in [-0.05, 0) is 43.3 Å². The molecule has 2 unspecified atom stereocenters. The van der Waals surface area contributed by atoms with Gasteiger partial charge in [-0.25, -0.2) is 9.80 Å².